The third-order valence-electron chi connectivity index (χ3n) is 2.49. The van der Waals surface area contributed by atoms with E-state index in [1.807, 2.05) is 0 Å². The van der Waals surface area contributed by atoms with Crippen LogP contribution in [0.2, 0.25) is 0 Å². The summed E-state index contributed by atoms with van der Waals surface area (Å²) in [4.78, 5) is 11.1. The summed E-state index contributed by atoms with van der Waals surface area (Å²) in [5, 5.41) is 0. The third kappa shape index (κ3) is 5.44. The molecule has 118 valence electrons. The Morgan fingerprint density at radius 3 is 2.10 bits per heavy atom. The van der Waals surface area contributed by atoms with Crippen molar-refractivity contribution in [1.29, 1.82) is 0 Å². The molecule has 1 aromatic carbocycles. The maximum atomic E-state index is 11.9. The van der Waals surface area contributed by atoms with Gasteiger partial charge in [-0.2, -0.15) is 0 Å². The highest BCUT2D eigenvalue weighted by Crippen LogP contribution is 2.14. The van der Waals surface area contributed by atoms with Gasteiger partial charge in [0, 0.05) is 12.8 Å². The van der Waals surface area contributed by atoms with Gasteiger partial charge < -0.3 is 4.74 Å². The minimum Gasteiger partial charge on any atom is -0.466 e. The van der Waals surface area contributed by atoms with E-state index in [1.165, 1.54) is 24.3 Å². The lowest BCUT2D eigenvalue weighted by molar-refractivity contribution is -0.142. The Labute approximate surface area is 124 Å². The van der Waals surface area contributed by atoms with E-state index >= 15 is 0 Å². The van der Waals surface area contributed by atoms with Gasteiger partial charge in [-0.25, -0.2) is 21.6 Å². The highest BCUT2D eigenvalue weighted by Gasteiger charge is 2.15. The summed E-state index contributed by atoms with van der Waals surface area (Å²) in [5.41, 5.74) is 0. The Balaban J connectivity index is 2.73. The summed E-state index contributed by atoms with van der Waals surface area (Å²) in [5.74, 6) is -0.493. The van der Waals surface area contributed by atoms with E-state index in [9.17, 15) is 21.6 Å². The van der Waals surface area contributed by atoms with Crippen LogP contribution in [0.1, 0.15) is 13.3 Å². The van der Waals surface area contributed by atoms with Gasteiger partial charge in [0.05, 0.1) is 22.8 Å². The highest BCUT2D eigenvalue weighted by atomic mass is 32.2. The molecule has 0 aromatic heterocycles. The minimum absolute atomic E-state index is 0.0352. The fourth-order valence-corrected chi connectivity index (χ4v) is 3.13. The first-order valence-corrected chi connectivity index (χ1v) is 9.49. The molecule has 0 saturated carbocycles. The molecule has 0 aliphatic carbocycles. The van der Waals surface area contributed by atoms with E-state index in [0.29, 0.717) is 0 Å². The zero-order valence-electron chi connectivity index (χ0n) is 11.7. The molecule has 21 heavy (non-hydrogen) atoms. The normalized spacial score (nSPS) is 12.1. The van der Waals surface area contributed by atoms with Crippen LogP contribution in [0.3, 0.4) is 0 Å². The summed E-state index contributed by atoms with van der Waals surface area (Å²) >= 11 is 0. The predicted molar refractivity (Wildman–Crippen MR) is 76.0 cm³/mol. The topological polar surface area (TPSA) is 107 Å². The molecule has 0 saturated heterocycles. The number of hydrogen-bond donors (Lipinski definition) is 1. The first-order valence-electron chi connectivity index (χ1n) is 6.12. The molecule has 0 amide bonds. The molecule has 1 aromatic rings. The van der Waals surface area contributed by atoms with Crippen molar-refractivity contribution in [2.45, 2.75) is 23.1 Å². The van der Waals surface area contributed by atoms with Gasteiger partial charge in [-0.1, -0.05) is 0 Å². The molecule has 0 bridgehead atoms. The Morgan fingerprint density at radius 2 is 1.62 bits per heavy atom. The Bertz CT molecular complexity index is 692. The number of sulfonamides is 1. The average Bonchev–Trinajstić information content (AvgIpc) is 2.38. The molecule has 0 radical (unpaired) electrons. The van der Waals surface area contributed by atoms with Crippen LogP contribution in [-0.4, -0.2) is 42.2 Å². The average molecular weight is 335 g/mol. The van der Waals surface area contributed by atoms with E-state index in [4.69, 9.17) is 0 Å². The number of carbonyl (C=O) groups is 1. The zero-order valence-corrected chi connectivity index (χ0v) is 13.3. The smallest absolute Gasteiger partial charge is 0.307 e. The largest absolute Gasteiger partial charge is 0.466 e. The molecular weight excluding hydrogens is 318 g/mol. The SMILES string of the molecule is CCOC(=O)CCNS(=O)(=O)c1ccc(S(C)(=O)=O)cc1. The van der Waals surface area contributed by atoms with E-state index in [1.54, 1.807) is 6.92 Å². The van der Waals surface area contributed by atoms with Crippen molar-refractivity contribution in [3.05, 3.63) is 24.3 Å². The summed E-state index contributed by atoms with van der Waals surface area (Å²) < 4.78 is 53.3. The highest BCUT2D eigenvalue weighted by molar-refractivity contribution is 7.90. The number of carbonyl (C=O) groups excluding carboxylic acids is 1. The van der Waals surface area contributed by atoms with Gasteiger partial charge >= 0.3 is 5.97 Å². The zero-order chi connectivity index (χ0) is 16.1. The second-order valence-corrected chi connectivity index (χ2v) is 7.98. The number of hydrogen-bond acceptors (Lipinski definition) is 6. The predicted octanol–water partition coefficient (Wildman–Crippen LogP) is 0.322. The van der Waals surface area contributed by atoms with Crippen molar-refractivity contribution in [2.75, 3.05) is 19.4 Å². The lowest BCUT2D eigenvalue weighted by Gasteiger charge is -2.07. The van der Waals surface area contributed by atoms with Gasteiger partial charge in [0.2, 0.25) is 10.0 Å². The van der Waals surface area contributed by atoms with E-state index in [0.717, 1.165) is 6.26 Å². The molecule has 7 nitrogen and oxygen atoms in total. The first kappa shape index (κ1) is 17.6. The lowest BCUT2D eigenvalue weighted by Crippen LogP contribution is -2.26. The second-order valence-electron chi connectivity index (χ2n) is 4.20. The fraction of sp³-hybridized carbons (Fsp3) is 0.417. The maximum absolute atomic E-state index is 11.9. The van der Waals surface area contributed by atoms with Crippen molar-refractivity contribution in [3.8, 4) is 0 Å². The third-order valence-corrected chi connectivity index (χ3v) is 5.09. The van der Waals surface area contributed by atoms with E-state index < -0.39 is 25.8 Å². The van der Waals surface area contributed by atoms with Crippen molar-refractivity contribution in [1.82, 2.24) is 4.72 Å². The van der Waals surface area contributed by atoms with Gasteiger partial charge in [-0.3, -0.25) is 4.79 Å². The van der Waals surface area contributed by atoms with Gasteiger partial charge in [0.15, 0.2) is 9.84 Å². The van der Waals surface area contributed by atoms with Crippen LogP contribution in [0.4, 0.5) is 0 Å². The molecule has 9 heteroatoms. The van der Waals surface area contributed by atoms with Gasteiger partial charge in [0.25, 0.3) is 0 Å². The Hall–Kier alpha value is -1.45. The minimum atomic E-state index is -3.79. The van der Waals surface area contributed by atoms with Crippen molar-refractivity contribution in [2.24, 2.45) is 0 Å². The van der Waals surface area contributed by atoms with Crippen molar-refractivity contribution in [3.63, 3.8) is 0 Å². The number of benzene rings is 1. The van der Waals surface area contributed by atoms with Crippen LogP contribution < -0.4 is 4.72 Å². The first-order chi connectivity index (χ1) is 9.66. The van der Waals surface area contributed by atoms with E-state index in [2.05, 4.69) is 9.46 Å². The van der Waals surface area contributed by atoms with Gasteiger partial charge in [-0.05, 0) is 31.2 Å². The van der Waals surface area contributed by atoms with Crippen LogP contribution >= 0.6 is 0 Å². The Kier molecular flexibility index (Phi) is 5.87. The molecule has 0 spiro atoms. The van der Waals surface area contributed by atoms with Crippen LogP contribution in [-0.2, 0) is 29.4 Å². The molecule has 1 rings (SSSR count). The summed E-state index contributed by atoms with van der Waals surface area (Å²) in [6, 6.07) is 4.83. The van der Waals surface area contributed by atoms with Crippen LogP contribution in [0, 0.1) is 0 Å². The fourth-order valence-electron chi connectivity index (χ4n) is 1.47. The number of rotatable bonds is 7. The van der Waals surface area contributed by atoms with Crippen LogP contribution in [0.25, 0.3) is 0 Å². The second kappa shape index (κ2) is 7.01. The van der Waals surface area contributed by atoms with Crippen molar-refractivity contribution < 1.29 is 26.4 Å². The Morgan fingerprint density at radius 1 is 1.10 bits per heavy atom. The quantitative estimate of drug-likeness (QED) is 0.719. The molecule has 1 N–H and O–H groups in total. The summed E-state index contributed by atoms with van der Waals surface area (Å²) in [7, 11) is -7.16. The molecule has 0 heterocycles. The van der Waals surface area contributed by atoms with Crippen LogP contribution in [0.15, 0.2) is 34.1 Å². The summed E-state index contributed by atoms with van der Waals surface area (Å²) in [6.45, 7) is 1.80. The number of nitrogens with one attached hydrogen (secondary N) is 1. The monoisotopic (exact) mass is 335 g/mol. The van der Waals surface area contributed by atoms with E-state index in [-0.39, 0.29) is 29.4 Å². The maximum Gasteiger partial charge on any atom is 0.307 e. The number of sulfone groups is 1. The lowest BCUT2D eigenvalue weighted by atomic mass is 10.4. The van der Waals surface area contributed by atoms with Gasteiger partial charge in [-0.15, -0.1) is 0 Å². The van der Waals surface area contributed by atoms with Crippen molar-refractivity contribution >= 4 is 25.8 Å². The van der Waals surface area contributed by atoms with Gasteiger partial charge in [0.1, 0.15) is 0 Å². The molecule has 0 fully saturated rings. The number of ether oxygens (including phenoxy) is 1. The molecule has 0 aliphatic heterocycles. The molecule has 0 unspecified atom stereocenters. The summed E-state index contributed by atoms with van der Waals surface area (Å²) in [6.07, 6.45) is 0.961. The van der Waals surface area contributed by atoms with Crippen LogP contribution in [0.5, 0.6) is 0 Å². The molecular formula is C12H17NO6S2. The molecule has 0 aliphatic rings. The molecule has 0 atom stereocenters. The standard InChI is InChI=1S/C12H17NO6S2/c1-3-19-12(14)8-9-13-21(17,18)11-6-4-10(5-7-11)20(2,15)16/h4-7,13H,3,8-9H2,1-2H3. The number of esters is 1.